The van der Waals surface area contributed by atoms with Gasteiger partial charge in [0.05, 0.1) is 29.4 Å². The molecule has 1 amide bonds. The number of anilines is 2. The molecule has 13 heteroatoms. The number of carboxylic acids is 1. The Morgan fingerprint density at radius 3 is 2.33 bits per heavy atom. The first kappa shape index (κ1) is 31.2. The maximum Gasteiger partial charge on any atom is 0.417 e. The first-order valence-electron chi connectivity index (χ1n) is 13.5. The smallest absolute Gasteiger partial charge is 0.417 e. The Balaban J connectivity index is 1.50. The Kier molecular flexibility index (Phi) is 9.10. The number of amides is 1. The maximum atomic E-state index is 13.6. The molecule has 2 fully saturated rings. The van der Waals surface area contributed by atoms with Crippen molar-refractivity contribution >= 4 is 40.6 Å². The number of alkyl halides is 3. The zero-order valence-corrected chi connectivity index (χ0v) is 24.4. The number of carbonyl (C=O) groups is 2. The van der Waals surface area contributed by atoms with E-state index in [1.54, 1.807) is 36.9 Å². The highest BCUT2D eigenvalue weighted by atomic mass is 32.1. The van der Waals surface area contributed by atoms with Crippen LogP contribution in [0.4, 0.5) is 24.5 Å². The third-order valence-corrected chi connectivity index (χ3v) is 7.89. The Morgan fingerprint density at radius 1 is 1.10 bits per heavy atom. The minimum absolute atomic E-state index is 0.0283. The highest BCUT2D eigenvalue weighted by Gasteiger charge is 2.50. The van der Waals surface area contributed by atoms with Crippen LogP contribution in [0.2, 0.25) is 0 Å². The van der Waals surface area contributed by atoms with Gasteiger partial charge in [-0.3, -0.25) is 24.3 Å². The molecule has 4 rings (SSSR count). The molecule has 2 aromatic rings. The first-order chi connectivity index (χ1) is 19.8. The number of halogens is 3. The number of carbonyl (C=O) groups excluding carboxylic acids is 1. The van der Waals surface area contributed by atoms with Gasteiger partial charge in [0.2, 0.25) is 0 Å². The molecular formula is C29H32F3N5O4S. The van der Waals surface area contributed by atoms with Gasteiger partial charge in [0.1, 0.15) is 17.9 Å². The van der Waals surface area contributed by atoms with Crippen LogP contribution in [0, 0.1) is 11.3 Å². The predicted molar refractivity (Wildman–Crippen MR) is 155 cm³/mol. The van der Waals surface area contributed by atoms with Gasteiger partial charge in [0.25, 0.3) is 5.91 Å². The lowest BCUT2D eigenvalue weighted by Crippen LogP contribution is -2.48. The molecule has 9 nitrogen and oxygen atoms in total. The highest BCUT2D eigenvalue weighted by molar-refractivity contribution is 7.81. The third kappa shape index (κ3) is 6.35. The molecule has 224 valence electrons. The second-order valence-electron chi connectivity index (χ2n) is 10.7. The van der Waals surface area contributed by atoms with Crippen LogP contribution >= 0.6 is 12.2 Å². The number of benzene rings is 2. The lowest BCUT2D eigenvalue weighted by Gasteiger charge is -2.33. The quantitative estimate of drug-likeness (QED) is 0.424. The topological polar surface area (TPSA) is 100 Å². The first-order valence-corrected chi connectivity index (χ1v) is 13.9. The van der Waals surface area contributed by atoms with Gasteiger partial charge in [-0.1, -0.05) is 6.92 Å². The molecule has 2 aliphatic rings. The monoisotopic (exact) mass is 603 g/mol. The van der Waals surface area contributed by atoms with Gasteiger partial charge in [0, 0.05) is 38.4 Å². The molecule has 0 saturated carbocycles. The van der Waals surface area contributed by atoms with Gasteiger partial charge in [0.15, 0.2) is 5.11 Å². The number of rotatable bonds is 9. The summed E-state index contributed by atoms with van der Waals surface area (Å²) in [5, 5.41) is 18.1. The largest absolute Gasteiger partial charge is 0.492 e. The van der Waals surface area contributed by atoms with E-state index in [1.165, 1.54) is 6.07 Å². The fourth-order valence-electron chi connectivity index (χ4n) is 5.23. The van der Waals surface area contributed by atoms with Crippen LogP contribution in [0.5, 0.6) is 5.75 Å². The summed E-state index contributed by atoms with van der Waals surface area (Å²) in [7, 11) is 0. The zero-order valence-electron chi connectivity index (χ0n) is 23.6. The molecule has 42 heavy (non-hydrogen) atoms. The fourth-order valence-corrected chi connectivity index (χ4v) is 5.75. The van der Waals surface area contributed by atoms with Crippen molar-refractivity contribution in [2.75, 3.05) is 55.7 Å². The summed E-state index contributed by atoms with van der Waals surface area (Å²) in [6.45, 7) is 9.31. The van der Waals surface area contributed by atoms with Crippen molar-refractivity contribution < 1.29 is 32.6 Å². The third-order valence-electron chi connectivity index (χ3n) is 7.53. The Bertz CT molecular complexity index is 1420. The normalized spacial score (nSPS) is 17.9. The summed E-state index contributed by atoms with van der Waals surface area (Å²) >= 11 is 5.65. The zero-order chi connectivity index (χ0) is 30.8. The molecule has 0 aliphatic carbocycles. The Morgan fingerprint density at radius 2 is 1.74 bits per heavy atom. The number of piperazine rings is 1. The average Bonchev–Trinajstić information content (AvgIpc) is 3.11. The molecule has 0 atom stereocenters. The van der Waals surface area contributed by atoms with E-state index in [4.69, 9.17) is 27.3 Å². The summed E-state index contributed by atoms with van der Waals surface area (Å²) in [6, 6.07) is 10.1. The van der Waals surface area contributed by atoms with Crippen LogP contribution < -0.4 is 14.5 Å². The molecule has 2 heterocycles. The predicted octanol–water partition coefficient (Wildman–Crippen LogP) is 4.14. The second-order valence-corrected chi connectivity index (χ2v) is 11.0. The molecule has 0 aromatic heterocycles. The van der Waals surface area contributed by atoms with E-state index in [2.05, 4.69) is 4.90 Å². The van der Waals surface area contributed by atoms with Crippen molar-refractivity contribution in [3.05, 3.63) is 53.1 Å². The van der Waals surface area contributed by atoms with Gasteiger partial charge in [-0.05, 0) is 74.4 Å². The molecule has 0 radical (unpaired) electrons. The van der Waals surface area contributed by atoms with E-state index in [-0.39, 0.29) is 17.3 Å². The lowest BCUT2D eigenvalue weighted by atomic mass is 10.0. The van der Waals surface area contributed by atoms with Crippen molar-refractivity contribution in [1.82, 2.24) is 9.80 Å². The molecule has 0 unspecified atom stereocenters. The van der Waals surface area contributed by atoms with Crippen molar-refractivity contribution in [3.8, 4) is 11.8 Å². The van der Waals surface area contributed by atoms with Gasteiger partial charge < -0.3 is 14.7 Å². The van der Waals surface area contributed by atoms with E-state index in [1.807, 2.05) is 17.9 Å². The average molecular weight is 604 g/mol. The number of aliphatic carboxylic acids is 1. The number of ether oxygens (including phenoxy) is 1. The van der Waals surface area contributed by atoms with Gasteiger partial charge in [-0.2, -0.15) is 18.4 Å². The van der Waals surface area contributed by atoms with E-state index in [0.717, 1.165) is 35.7 Å². The molecule has 1 N–H and O–H groups in total. The fraction of sp³-hybridized carbons (Fsp3) is 0.448. The van der Waals surface area contributed by atoms with Crippen molar-refractivity contribution in [2.24, 2.45) is 0 Å². The van der Waals surface area contributed by atoms with Crippen LogP contribution in [0.25, 0.3) is 0 Å². The highest BCUT2D eigenvalue weighted by Crippen LogP contribution is 2.40. The SMILES string of the molecule is CCc1cc(N2C(=S)N(c3ccc(C#N)c(C(F)(F)F)c3)C(=O)C2(C)C)ccc1OCCN1CCN(CC(=O)O)CC1. The van der Waals surface area contributed by atoms with Gasteiger partial charge >= 0.3 is 12.1 Å². The van der Waals surface area contributed by atoms with Crippen molar-refractivity contribution in [3.63, 3.8) is 0 Å². The van der Waals surface area contributed by atoms with Crippen LogP contribution in [-0.4, -0.2) is 83.3 Å². The molecule has 2 saturated heterocycles. The van der Waals surface area contributed by atoms with E-state index < -0.39 is 34.7 Å². The molecule has 0 bridgehead atoms. The Labute approximate surface area is 247 Å². The van der Waals surface area contributed by atoms with Crippen molar-refractivity contribution in [2.45, 2.75) is 38.9 Å². The van der Waals surface area contributed by atoms with Gasteiger partial charge in [-0.15, -0.1) is 0 Å². The number of nitriles is 1. The number of aryl methyl sites for hydroxylation is 1. The molecule has 2 aromatic carbocycles. The van der Waals surface area contributed by atoms with Crippen LogP contribution in [0.15, 0.2) is 36.4 Å². The minimum atomic E-state index is -4.78. The van der Waals surface area contributed by atoms with E-state index in [9.17, 15) is 22.8 Å². The van der Waals surface area contributed by atoms with Crippen LogP contribution in [0.1, 0.15) is 37.5 Å². The standard InChI is InChI=1S/C29H32F3N5O4S/c1-4-19-15-22(7-8-24(19)41-14-13-34-9-11-35(12-10-34)18-25(38)39)37-27(42)36(26(40)28(37,2)3)21-6-5-20(17-33)23(16-21)29(30,31)32/h5-8,15-16H,4,9-14,18H2,1-3H3,(H,38,39). The van der Waals surface area contributed by atoms with Crippen LogP contribution in [0.3, 0.4) is 0 Å². The van der Waals surface area contributed by atoms with E-state index in [0.29, 0.717) is 44.1 Å². The summed E-state index contributed by atoms with van der Waals surface area (Å²) < 4.78 is 47.0. The van der Waals surface area contributed by atoms with E-state index >= 15 is 0 Å². The molecule has 0 spiro atoms. The van der Waals surface area contributed by atoms with Crippen molar-refractivity contribution in [1.29, 1.82) is 5.26 Å². The second kappa shape index (κ2) is 12.2. The summed E-state index contributed by atoms with van der Waals surface area (Å²) in [4.78, 5) is 31.2. The number of hydrogen-bond donors (Lipinski definition) is 1. The van der Waals surface area contributed by atoms with Crippen LogP contribution in [-0.2, 0) is 22.2 Å². The van der Waals surface area contributed by atoms with Gasteiger partial charge in [-0.25, -0.2) is 0 Å². The minimum Gasteiger partial charge on any atom is -0.492 e. The number of thiocarbonyl (C=S) groups is 1. The maximum absolute atomic E-state index is 13.6. The number of hydrogen-bond acceptors (Lipinski definition) is 7. The summed E-state index contributed by atoms with van der Waals surface area (Å²) in [5.74, 6) is -0.645. The molecule has 2 aliphatic heterocycles. The summed E-state index contributed by atoms with van der Waals surface area (Å²) in [6.07, 6.45) is -4.15. The number of nitrogens with zero attached hydrogens (tertiary/aromatic N) is 5. The Hall–Kier alpha value is -3.73. The lowest BCUT2D eigenvalue weighted by molar-refractivity contribution is -0.139. The molecular weight excluding hydrogens is 571 g/mol. The number of carboxylic acid groups (broad SMARTS) is 1. The summed E-state index contributed by atoms with van der Waals surface area (Å²) in [5.41, 5.74) is -1.45.